The van der Waals surface area contributed by atoms with Crippen LogP contribution in [0.1, 0.15) is 65.7 Å². The van der Waals surface area contributed by atoms with Crippen molar-refractivity contribution in [2.24, 2.45) is 0 Å². The Hall–Kier alpha value is -0.170. The minimum atomic E-state index is -3.36. The average molecular weight is 320 g/mol. The molecule has 21 heavy (non-hydrogen) atoms. The summed E-state index contributed by atoms with van der Waals surface area (Å²) in [6, 6.07) is 0.113. The highest BCUT2D eigenvalue weighted by Gasteiger charge is 2.32. The van der Waals surface area contributed by atoms with Crippen LogP contribution in [0.25, 0.3) is 0 Å². The first-order valence-electron chi connectivity index (χ1n) is 8.51. The average Bonchev–Trinajstić information content (AvgIpc) is 2.45. The number of hydrogen-bond donors (Lipinski definition) is 2. The normalized spacial score (nSPS) is 22.3. The van der Waals surface area contributed by atoms with E-state index in [0.29, 0.717) is 6.54 Å². The van der Waals surface area contributed by atoms with Gasteiger partial charge in [0.1, 0.15) is 0 Å². The van der Waals surface area contributed by atoms with Gasteiger partial charge in [-0.2, -0.15) is 17.4 Å². The van der Waals surface area contributed by atoms with E-state index < -0.39 is 10.2 Å². The van der Waals surface area contributed by atoms with E-state index in [-0.39, 0.29) is 12.1 Å². The second-order valence-electron chi connectivity index (χ2n) is 6.13. The van der Waals surface area contributed by atoms with Gasteiger partial charge in [0, 0.05) is 25.2 Å². The summed E-state index contributed by atoms with van der Waals surface area (Å²) >= 11 is 0. The molecule has 0 aromatic rings. The Labute approximate surface area is 131 Å². The van der Waals surface area contributed by atoms with E-state index >= 15 is 0 Å². The first-order valence-corrected chi connectivity index (χ1v) is 9.95. The highest BCUT2D eigenvalue weighted by Crippen LogP contribution is 2.20. The van der Waals surface area contributed by atoms with Crippen molar-refractivity contribution in [2.75, 3.05) is 19.6 Å². The Morgan fingerprint density at radius 3 is 2.67 bits per heavy atom. The number of unbranched alkanes of at least 4 members (excludes halogenated alkanes) is 1. The molecule has 2 atom stereocenters. The van der Waals surface area contributed by atoms with E-state index in [1.165, 1.54) is 0 Å². The summed E-state index contributed by atoms with van der Waals surface area (Å²) in [6.07, 6.45) is 7.18. The van der Waals surface area contributed by atoms with Crippen LogP contribution in [-0.4, -0.2) is 44.4 Å². The molecule has 0 bridgehead atoms. The molecule has 1 aliphatic heterocycles. The summed E-state index contributed by atoms with van der Waals surface area (Å²) in [4.78, 5) is 0. The quantitative estimate of drug-likeness (QED) is 0.607. The molecule has 2 N–H and O–H groups in total. The zero-order valence-corrected chi connectivity index (χ0v) is 14.7. The molecule has 0 aliphatic carbocycles. The molecule has 126 valence electrons. The van der Waals surface area contributed by atoms with E-state index in [2.05, 4.69) is 23.9 Å². The van der Waals surface area contributed by atoms with Gasteiger partial charge in [-0.05, 0) is 39.2 Å². The molecule has 1 fully saturated rings. The molecule has 2 unspecified atom stereocenters. The fourth-order valence-corrected chi connectivity index (χ4v) is 4.53. The largest absolute Gasteiger partial charge is 0.315 e. The van der Waals surface area contributed by atoms with E-state index in [9.17, 15) is 8.42 Å². The van der Waals surface area contributed by atoms with Crippen LogP contribution in [-0.2, 0) is 10.2 Å². The number of piperidine rings is 1. The molecule has 0 aromatic heterocycles. The summed E-state index contributed by atoms with van der Waals surface area (Å²) < 4.78 is 29.7. The van der Waals surface area contributed by atoms with Crippen LogP contribution in [0.5, 0.6) is 0 Å². The Morgan fingerprint density at radius 1 is 1.24 bits per heavy atom. The van der Waals surface area contributed by atoms with Crippen LogP contribution in [0.2, 0.25) is 0 Å². The third-order valence-corrected chi connectivity index (χ3v) is 5.83. The monoisotopic (exact) mass is 319 g/mol. The molecule has 0 spiro atoms. The second kappa shape index (κ2) is 9.77. The van der Waals surface area contributed by atoms with Gasteiger partial charge in [-0.15, -0.1) is 0 Å². The summed E-state index contributed by atoms with van der Waals surface area (Å²) in [5.74, 6) is 0. The molecule has 0 radical (unpaired) electrons. The van der Waals surface area contributed by atoms with Crippen LogP contribution < -0.4 is 10.0 Å². The predicted octanol–water partition coefficient (Wildman–Crippen LogP) is 2.25. The molecule has 1 aliphatic rings. The van der Waals surface area contributed by atoms with Gasteiger partial charge >= 0.3 is 0 Å². The molecular formula is C15H33N3O2S. The lowest BCUT2D eigenvalue weighted by atomic mass is 10.1. The van der Waals surface area contributed by atoms with Gasteiger partial charge in [-0.25, -0.2) is 0 Å². The standard InChI is InChI=1S/C15H33N3O2S/c1-4-6-9-14(3)17-21(19,20)18-12-8-7-10-15(18)13-16-11-5-2/h14-17H,4-13H2,1-3H3. The smallest absolute Gasteiger partial charge is 0.279 e. The first-order chi connectivity index (χ1) is 10.0. The zero-order valence-electron chi connectivity index (χ0n) is 13.9. The highest BCUT2D eigenvalue weighted by atomic mass is 32.2. The number of hydrogen-bond acceptors (Lipinski definition) is 3. The third kappa shape index (κ3) is 6.63. The Balaban J connectivity index is 2.59. The van der Waals surface area contributed by atoms with Crippen molar-refractivity contribution < 1.29 is 8.42 Å². The van der Waals surface area contributed by atoms with Crippen LogP contribution >= 0.6 is 0 Å². The van der Waals surface area contributed by atoms with Crippen molar-refractivity contribution in [3.05, 3.63) is 0 Å². The number of nitrogens with zero attached hydrogens (tertiary/aromatic N) is 1. The van der Waals surface area contributed by atoms with Crippen molar-refractivity contribution in [2.45, 2.75) is 77.8 Å². The maximum atomic E-state index is 12.6. The Kier molecular flexibility index (Phi) is 8.78. The maximum absolute atomic E-state index is 12.6. The van der Waals surface area contributed by atoms with Gasteiger partial charge in [-0.1, -0.05) is 33.1 Å². The lowest BCUT2D eigenvalue weighted by Gasteiger charge is -2.35. The molecular weight excluding hydrogens is 286 g/mol. The molecule has 0 aromatic carbocycles. The van der Waals surface area contributed by atoms with E-state index in [0.717, 1.165) is 58.0 Å². The molecule has 1 rings (SSSR count). The van der Waals surface area contributed by atoms with Crippen LogP contribution in [0.3, 0.4) is 0 Å². The predicted molar refractivity (Wildman–Crippen MR) is 88.5 cm³/mol. The summed E-state index contributed by atoms with van der Waals surface area (Å²) in [6.45, 7) is 8.57. The minimum absolute atomic E-state index is 0.0149. The topological polar surface area (TPSA) is 61.4 Å². The van der Waals surface area contributed by atoms with E-state index in [4.69, 9.17) is 0 Å². The fourth-order valence-electron chi connectivity index (χ4n) is 2.83. The molecule has 0 amide bonds. The second-order valence-corrected chi connectivity index (χ2v) is 7.79. The van der Waals surface area contributed by atoms with Gasteiger partial charge in [0.15, 0.2) is 0 Å². The summed E-state index contributed by atoms with van der Waals surface area (Å²) in [7, 11) is -3.36. The number of rotatable bonds is 10. The maximum Gasteiger partial charge on any atom is 0.279 e. The molecule has 6 heteroatoms. The van der Waals surface area contributed by atoms with Crippen LogP contribution in [0, 0.1) is 0 Å². The van der Waals surface area contributed by atoms with Crippen molar-refractivity contribution >= 4 is 10.2 Å². The van der Waals surface area contributed by atoms with Gasteiger partial charge in [0.2, 0.25) is 0 Å². The summed E-state index contributed by atoms with van der Waals surface area (Å²) in [5.41, 5.74) is 0. The molecule has 5 nitrogen and oxygen atoms in total. The SMILES string of the molecule is CCCCC(C)NS(=O)(=O)N1CCCCC1CNCCC. The highest BCUT2D eigenvalue weighted by molar-refractivity contribution is 7.87. The van der Waals surface area contributed by atoms with E-state index in [1.54, 1.807) is 4.31 Å². The van der Waals surface area contributed by atoms with Crippen molar-refractivity contribution in [1.29, 1.82) is 0 Å². The Morgan fingerprint density at radius 2 is 2.00 bits per heavy atom. The molecule has 0 saturated carbocycles. The summed E-state index contributed by atoms with van der Waals surface area (Å²) in [5, 5.41) is 3.36. The number of nitrogens with one attached hydrogen (secondary N) is 2. The van der Waals surface area contributed by atoms with Gasteiger partial charge in [0.25, 0.3) is 10.2 Å². The van der Waals surface area contributed by atoms with Crippen molar-refractivity contribution in [1.82, 2.24) is 14.3 Å². The lowest BCUT2D eigenvalue weighted by molar-refractivity contribution is 0.241. The van der Waals surface area contributed by atoms with E-state index in [1.807, 2.05) is 6.92 Å². The third-order valence-electron chi connectivity index (χ3n) is 4.03. The molecule has 1 heterocycles. The molecule has 1 saturated heterocycles. The van der Waals surface area contributed by atoms with Crippen LogP contribution in [0.15, 0.2) is 0 Å². The Bertz CT molecular complexity index is 373. The fraction of sp³-hybridized carbons (Fsp3) is 1.00. The zero-order chi connectivity index (χ0) is 15.7. The van der Waals surface area contributed by atoms with Gasteiger partial charge in [0.05, 0.1) is 0 Å². The lowest BCUT2D eigenvalue weighted by Crippen LogP contribution is -2.53. The van der Waals surface area contributed by atoms with Gasteiger partial charge < -0.3 is 5.32 Å². The first kappa shape index (κ1) is 18.9. The van der Waals surface area contributed by atoms with Crippen molar-refractivity contribution in [3.63, 3.8) is 0 Å². The van der Waals surface area contributed by atoms with Crippen molar-refractivity contribution in [3.8, 4) is 0 Å². The van der Waals surface area contributed by atoms with Crippen LogP contribution in [0.4, 0.5) is 0 Å². The van der Waals surface area contributed by atoms with Gasteiger partial charge in [-0.3, -0.25) is 0 Å². The minimum Gasteiger partial charge on any atom is -0.315 e.